The summed E-state index contributed by atoms with van der Waals surface area (Å²) in [5.74, 6) is 1.38. The molecule has 2 N–H and O–H groups in total. The molecular weight excluding hydrogens is 404 g/mol. The van der Waals surface area contributed by atoms with Gasteiger partial charge in [0, 0.05) is 24.0 Å². The summed E-state index contributed by atoms with van der Waals surface area (Å²) in [7, 11) is 0. The fourth-order valence-electron chi connectivity index (χ4n) is 3.42. The van der Waals surface area contributed by atoms with Crippen LogP contribution in [0.1, 0.15) is 18.4 Å². The maximum atomic E-state index is 12.3. The summed E-state index contributed by atoms with van der Waals surface area (Å²) in [6.45, 7) is 2.03. The van der Waals surface area contributed by atoms with Crippen molar-refractivity contribution in [2.45, 2.75) is 25.6 Å². The zero-order chi connectivity index (χ0) is 22.0. The second kappa shape index (κ2) is 11.2. The zero-order valence-corrected chi connectivity index (χ0v) is 18.0. The van der Waals surface area contributed by atoms with Crippen LogP contribution in [0.2, 0.25) is 0 Å². The lowest BCUT2D eigenvalue weighted by molar-refractivity contribution is -0.114. The first-order valence-corrected chi connectivity index (χ1v) is 10.9. The van der Waals surface area contributed by atoms with Gasteiger partial charge in [-0.15, -0.1) is 0 Å². The Morgan fingerprint density at radius 3 is 2.53 bits per heavy atom. The van der Waals surface area contributed by atoms with Crippen molar-refractivity contribution in [3.8, 4) is 11.5 Å². The van der Waals surface area contributed by atoms with Gasteiger partial charge in [-0.3, -0.25) is 4.79 Å². The van der Waals surface area contributed by atoms with Crippen LogP contribution >= 0.6 is 0 Å². The van der Waals surface area contributed by atoms with E-state index in [4.69, 9.17) is 14.2 Å². The van der Waals surface area contributed by atoms with Crippen molar-refractivity contribution in [3.05, 3.63) is 84.4 Å². The molecule has 166 valence electrons. The van der Waals surface area contributed by atoms with Crippen molar-refractivity contribution >= 4 is 17.3 Å². The molecule has 0 aromatic heterocycles. The van der Waals surface area contributed by atoms with Gasteiger partial charge in [-0.2, -0.15) is 0 Å². The molecule has 0 radical (unpaired) electrons. The molecule has 0 spiro atoms. The standard InChI is InChI=1S/C26H28N2O4/c29-26(17-27-22-8-4-9-24(16-22)32-19-25-10-5-15-30-25)28-21-11-13-23(14-12-21)31-18-20-6-2-1-3-7-20/h1-4,6-9,11-14,16,25,27H,5,10,15,17-19H2,(H,28,29). The molecule has 3 aromatic carbocycles. The van der Waals surface area contributed by atoms with Crippen molar-refractivity contribution in [1.82, 2.24) is 0 Å². The molecule has 1 heterocycles. The van der Waals surface area contributed by atoms with Crippen molar-refractivity contribution in [2.24, 2.45) is 0 Å². The summed E-state index contributed by atoms with van der Waals surface area (Å²) in [6, 6.07) is 25.0. The minimum Gasteiger partial charge on any atom is -0.491 e. The van der Waals surface area contributed by atoms with Crippen LogP contribution in [0.3, 0.4) is 0 Å². The number of rotatable bonds is 10. The number of hydrogen-bond acceptors (Lipinski definition) is 5. The predicted octanol–water partition coefficient (Wildman–Crippen LogP) is 4.87. The van der Waals surface area contributed by atoms with E-state index >= 15 is 0 Å². The summed E-state index contributed by atoms with van der Waals surface area (Å²) >= 11 is 0. The lowest BCUT2D eigenvalue weighted by Gasteiger charge is -2.13. The summed E-state index contributed by atoms with van der Waals surface area (Å²) in [5.41, 5.74) is 2.66. The molecule has 1 saturated heterocycles. The predicted molar refractivity (Wildman–Crippen MR) is 125 cm³/mol. The molecule has 1 fully saturated rings. The highest BCUT2D eigenvalue weighted by Gasteiger charge is 2.16. The third kappa shape index (κ3) is 6.75. The zero-order valence-electron chi connectivity index (χ0n) is 18.0. The fraction of sp³-hybridized carbons (Fsp3) is 0.269. The smallest absolute Gasteiger partial charge is 0.243 e. The van der Waals surface area contributed by atoms with Crippen molar-refractivity contribution in [1.29, 1.82) is 0 Å². The van der Waals surface area contributed by atoms with Gasteiger partial charge >= 0.3 is 0 Å². The SMILES string of the molecule is O=C(CNc1cccc(OCC2CCCO2)c1)Nc1ccc(OCc2ccccc2)cc1. The Bertz CT molecular complexity index is 986. The number of carbonyl (C=O) groups excluding carboxylic acids is 1. The van der Waals surface area contributed by atoms with Crippen LogP contribution in [-0.4, -0.2) is 31.8 Å². The average Bonchev–Trinajstić information content (AvgIpc) is 3.36. The van der Waals surface area contributed by atoms with E-state index in [1.54, 1.807) is 0 Å². The van der Waals surface area contributed by atoms with Crippen LogP contribution in [0.4, 0.5) is 11.4 Å². The van der Waals surface area contributed by atoms with Crippen LogP contribution in [0.15, 0.2) is 78.9 Å². The first kappa shape index (κ1) is 21.7. The molecule has 6 heteroatoms. The third-order valence-electron chi connectivity index (χ3n) is 5.13. The molecule has 1 unspecified atom stereocenters. The molecule has 32 heavy (non-hydrogen) atoms. The van der Waals surface area contributed by atoms with E-state index < -0.39 is 0 Å². The van der Waals surface area contributed by atoms with E-state index in [1.165, 1.54) is 0 Å². The molecule has 1 aliphatic rings. The minimum atomic E-state index is -0.131. The van der Waals surface area contributed by atoms with Crippen LogP contribution in [0.5, 0.6) is 11.5 Å². The Hall–Kier alpha value is -3.51. The Balaban J connectivity index is 1.20. The molecule has 3 aromatic rings. The average molecular weight is 433 g/mol. The van der Waals surface area contributed by atoms with Crippen molar-refractivity contribution in [2.75, 3.05) is 30.4 Å². The Morgan fingerprint density at radius 1 is 0.906 bits per heavy atom. The number of anilines is 2. The van der Waals surface area contributed by atoms with Gasteiger partial charge in [0.05, 0.1) is 12.6 Å². The van der Waals surface area contributed by atoms with Crippen molar-refractivity contribution < 1.29 is 19.0 Å². The lowest BCUT2D eigenvalue weighted by Crippen LogP contribution is -2.21. The van der Waals surface area contributed by atoms with E-state index in [0.29, 0.717) is 13.2 Å². The Labute approximate surface area is 188 Å². The summed E-state index contributed by atoms with van der Waals surface area (Å²) < 4.78 is 17.2. The topological polar surface area (TPSA) is 68.8 Å². The van der Waals surface area contributed by atoms with Gasteiger partial charge in [-0.05, 0) is 54.8 Å². The summed E-state index contributed by atoms with van der Waals surface area (Å²) in [4.78, 5) is 12.3. The Morgan fingerprint density at radius 2 is 1.75 bits per heavy atom. The highest BCUT2D eigenvalue weighted by molar-refractivity contribution is 5.93. The highest BCUT2D eigenvalue weighted by atomic mass is 16.5. The first-order valence-electron chi connectivity index (χ1n) is 10.9. The van der Waals surface area contributed by atoms with E-state index in [9.17, 15) is 4.79 Å². The second-order valence-corrected chi connectivity index (χ2v) is 7.67. The first-order chi connectivity index (χ1) is 15.7. The van der Waals surface area contributed by atoms with Gasteiger partial charge in [0.25, 0.3) is 0 Å². The third-order valence-corrected chi connectivity index (χ3v) is 5.13. The van der Waals surface area contributed by atoms with E-state index in [2.05, 4.69) is 10.6 Å². The number of benzene rings is 3. The number of nitrogens with one attached hydrogen (secondary N) is 2. The molecule has 1 atom stereocenters. The molecular formula is C26H28N2O4. The van der Waals surface area contributed by atoms with Gasteiger partial charge < -0.3 is 24.8 Å². The van der Waals surface area contributed by atoms with Gasteiger partial charge in [0.15, 0.2) is 0 Å². The normalized spacial score (nSPS) is 15.2. The van der Waals surface area contributed by atoms with Crippen LogP contribution in [0, 0.1) is 0 Å². The monoisotopic (exact) mass is 432 g/mol. The number of carbonyl (C=O) groups is 1. The Kier molecular flexibility index (Phi) is 7.60. The molecule has 1 amide bonds. The van der Waals surface area contributed by atoms with Crippen LogP contribution in [0.25, 0.3) is 0 Å². The molecule has 0 saturated carbocycles. The fourth-order valence-corrected chi connectivity index (χ4v) is 3.42. The summed E-state index contributed by atoms with van der Waals surface area (Å²) in [5, 5.41) is 6.02. The van der Waals surface area contributed by atoms with Crippen LogP contribution < -0.4 is 20.1 Å². The number of amides is 1. The maximum Gasteiger partial charge on any atom is 0.243 e. The van der Waals surface area contributed by atoms with Gasteiger partial charge in [0.2, 0.25) is 5.91 Å². The largest absolute Gasteiger partial charge is 0.491 e. The van der Waals surface area contributed by atoms with E-state index in [1.807, 2.05) is 78.9 Å². The molecule has 0 bridgehead atoms. The van der Waals surface area contributed by atoms with Crippen LogP contribution in [-0.2, 0) is 16.1 Å². The molecule has 1 aliphatic heterocycles. The highest BCUT2D eigenvalue weighted by Crippen LogP contribution is 2.20. The van der Waals surface area contributed by atoms with E-state index in [-0.39, 0.29) is 18.6 Å². The minimum absolute atomic E-state index is 0.131. The molecule has 6 nitrogen and oxygen atoms in total. The quantitative estimate of drug-likeness (QED) is 0.478. The van der Waals surface area contributed by atoms with E-state index in [0.717, 1.165) is 47.9 Å². The lowest BCUT2D eigenvalue weighted by atomic mass is 10.2. The summed E-state index contributed by atoms with van der Waals surface area (Å²) in [6.07, 6.45) is 2.30. The maximum absolute atomic E-state index is 12.3. The number of hydrogen-bond donors (Lipinski definition) is 2. The van der Waals surface area contributed by atoms with Gasteiger partial charge in [-0.1, -0.05) is 36.4 Å². The number of ether oxygens (including phenoxy) is 3. The van der Waals surface area contributed by atoms with Gasteiger partial charge in [-0.25, -0.2) is 0 Å². The second-order valence-electron chi connectivity index (χ2n) is 7.67. The van der Waals surface area contributed by atoms with Gasteiger partial charge in [0.1, 0.15) is 24.7 Å². The molecule has 4 rings (SSSR count). The van der Waals surface area contributed by atoms with Crippen molar-refractivity contribution in [3.63, 3.8) is 0 Å². The molecule has 0 aliphatic carbocycles.